The van der Waals surface area contributed by atoms with Gasteiger partial charge in [-0.2, -0.15) is 0 Å². The number of carbonyl (C=O) groups is 3. The lowest BCUT2D eigenvalue weighted by Gasteiger charge is -2.26. The standard InChI is InChI=1S/C20H19ClN2O4/c1-12-9-16(17(27-2)11-15(12)21)22-18(24)7-8-23-19(25)10-13-5-3-4-6-14(13)20(23)26/h3-6,9,11H,7-8,10H2,1-2H3,(H,22,24). The van der Waals surface area contributed by atoms with Crippen LogP contribution in [0.5, 0.6) is 5.75 Å². The average molecular weight is 387 g/mol. The number of aryl methyl sites for hydroxylation is 1. The number of methoxy groups -OCH3 is 1. The number of amides is 3. The van der Waals surface area contributed by atoms with Gasteiger partial charge >= 0.3 is 0 Å². The first-order chi connectivity index (χ1) is 12.9. The molecule has 6 nitrogen and oxygen atoms in total. The third-order valence-electron chi connectivity index (χ3n) is 4.45. The van der Waals surface area contributed by atoms with Gasteiger partial charge in [0.1, 0.15) is 5.75 Å². The van der Waals surface area contributed by atoms with Gasteiger partial charge < -0.3 is 10.1 Å². The zero-order valence-corrected chi connectivity index (χ0v) is 15.8. The van der Waals surface area contributed by atoms with Crippen molar-refractivity contribution in [2.75, 3.05) is 19.0 Å². The molecule has 2 aromatic rings. The topological polar surface area (TPSA) is 75.7 Å². The molecule has 1 heterocycles. The number of benzene rings is 2. The molecular formula is C20H19ClN2O4. The van der Waals surface area contributed by atoms with Gasteiger partial charge in [0.25, 0.3) is 5.91 Å². The summed E-state index contributed by atoms with van der Waals surface area (Å²) in [6.07, 6.45) is 0.151. The minimum Gasteiger partial charge on any atom is -0.495 e. The maximum Gasteiger partial charge on any atom is 0.260 e. The van der Waals surface area contributed by atoms with Crippen LogP contribution in [0.2, 0.25) is 5.02 Å². The van der Waals surface area contributed by atoms with E-state index in [4.69, 9.17) is 16.3 Å². The Kier molecular flexibility index (Phi) is 5.46. The molecule has 1 N–H and O–H groups in total. The van der Waals surface area contributed by atoms with Crippen LogP contribution in [0, 0.1) is 6.92 Å². The number of halogens is 1. The van der Waals surface area contributed by atoms with Crippen molar-refractivity contribution in [3.63, 3.8) is 0 Å². The molecule has 0 unspecified atom stereocenters. The number of nitrogens with zero attached hydrogens (tertiary/aromatic N) is 1. The fourth-order valence-electron chi connectivity index (χ4n) is 2.98. The van der Waals surface area contributed by atoms with Crippen LogP contribution in [0.25, 0.3) is 0 Å². The van der Waals surface area contributed by atoms with E-state index in [1.807, 2.05) is 6.92 Å². The van der Waals surface area contributed by atoms with Crippen LogP contribution in [-0.4, -0.2) is 36.3 Å². The van der Waals surface area contributed by atoms with E-state index in [-0.39, 0.29) is 37.1 Å². The van der Waals surface area contributed by atoms with E-state index in [2.05, 4.69) is 5.32 Å². The molecule has 27 heavy (non-hydrogen) atoms. The number of imide groups is 1. The molecule has 0 aromatic heterocycles. The monoisotopic (exact) mass is 386 g/mol. The Labute approximate surface area is 162 Å². The summed E-state index contributed by atoms with van der Waals surface area (Å²) in [5, 5.41) is 3.28. The number of rotatable bonds is 5. The van der Waals surface area contributed by atoms with Crippen molar-refractivity contribution in [2.45, 2.75) is 19.8 Å². The van der Waals surface area contributed by atoms with E-state index in [0.29, 0.717) is 22.0 Å². The van der Waals surface area contributed by atoms with Gasteiger partial charge in [-0.05, 0) is 30.2 Å². The third kappa shape index (κ3) is 3.95. The van der Waals surface area contributed by atoms with Gasteiger partial charge in [-0.25, -0.2) is 0 Å². The number of ether oxygens (including phenoxy) is 1. The van der Waals surface area contributed by atoms with Gasteiger partial charge in [0.15, 0.2) is 0 Å². The highest BCUT2D eigenvalue weighted by Crippen LogP contribution is 2.31. The molecule has 140 valence electrons. The molecule has 0 atom stereocenters. The van der Waals surface area contributed by atoms with Crippen LogP contribution >= 0.6 is 11.6 Å². The Morgan fingerprint density at radius 1 is 1.26 bits per heavy atom. The van der Waals surface area contributed by atoms with E-state index < -0.39 is 0 Å². The van der Waals surface area contributed by atoms with Gasteiger partial charge in [0.05, 0.1) is 19.2 Å². The smallest absolute Gasteiger partial charge is 0.260 e. The maximum atomic E-state index is 12.5. The maximum absolute atomic E-state index is 12.5. The lowest BCUT2D eigenvalue weighted by Crippen LogP contribution is -2.43. The Hall–Kier alpha value is -2.86. The molecule has 1 aliphatic rings. The second-order valence-corrected chi connectivity index (χ2v) is 6.69. The SMILES string of the molecule is COc1cc(Cl)c(C)cc1NC(=O)CCN1C(=O)Cc2ccccc2C1=O. The fraction of sp³-hybridized carbons (Fsp3) is 0.250. The quantitative estimate of drug-likeness (QED) is 0.800. The van der Waals surface area contributed by atoms with Crippen molar-refractivity contribution >= 4 is 35.0 Å². The van der Waals surface area contributed by atoms with Crippen molar-refractivity contribution in [2.24, 2.45) is 0 Å². The molecule has 0 radical (unpaired) electrons. The second-order valence-electron chi connectivity index (χ2n) is 6.28. The van der Waals surface area contributed by atoms with E-state index >= 15 is 0 Å². The van der Waals surface area contributed by atoms with Crippen LogP contribution in [-0.2, 0) is 16.0 Å². The van der Waals surface area contributed by atoms with Crippen LogP contribution in [0.15, 0.2) is 36.4 Å². The summed E-state index contributed by atoms with van der Waals surface area (Å²) in [4.78, 5) is 38.2. The summed E-state index contributed by atoms with van der Waals surface area (Å²) in [5.74, 6) is -0.548. The normalized spacial score (nSPS) is 13.4. The van der Waals surface area contributed by atoms with Crippen molar-refractivity contribution in [3.05, 3.63) is 58.1 Å². The summed E-state index contributed by atoms with van der Waals surface area (Å²) in [6.45, 7) is 1.84. The molecule has 0 fully saturated rings. The molecule has 2 aromatic carbocycles. The fourth-order valence-corrected chi connectivity index (χ4v) is 3.14. The summed E-state index contributed by atoms with van der Waals surface area (Å²) in [7, 11) is 1.49. The molecule has 1 aliphatic heterocycles. The largest absolute Gasteiger partial charge is 0.495 e. The van der Waals surface area contributed by atoms with Crippen LogP contribution < -0.4 is 10.1 Å². The zero-order chi connectivity index (χ0) is 19.6. The Bertz CT molecular complexity index is 926. The third-order valence-corrected chi connectivity index (χ3v) is 4.86. The molecule has 7 heteroatoms. The number of fused-ring (bicyclic) bond motifs is 1. The Balaban J connectivity index is 1.67. The van der Waals surface area contributed by atoms with Crippen LogP contribution in [0.3, 0.4) is 0 Å². The molecular weight excluding hydrogens is 368 g/mol. The number of anilines is 1. The first-order valence-corrected chi connectivity index (χ1v) is 8.85. The summed E-state index contributed by atoms with van der Waals surface area (Å²) >= 11 is 6.06. The predicted molar refractivity (Wildman–Crippen MR) is 102 cm³/mol. The van der Waals surface area contributed by atoms with Gasteiger partial charge in [-0.1, -0.05) is 29.8 Å². The molecule has 3 rings (SSSR count). The van der Waals surface area contributed by atoms with Gasteiger partial charge in [-0.15, -0.1) is 0 Å². The van der Waals surface area contributed by atoms with E-state index in [1.54, 1.807) is 36.4 Å². The summed E-state index contributed by atoms with van der Waals surface area (Å²) in [5.41, 5.74) is 2.51. The Morgan fingerprint density at radius 3 is 2.74 bits per heavy atom. The molecule has 0 spiro atoms. The Morgan fingerprint density at radius 2 is 2.00 bits per heavy atom. The molecule has 0 aliphatic carbocycles. The van der Waals surface area contributed by atoms with Crippen molar-refractivity contribution in [3.8, 4) is 5.75 Å². The lowest BCUT2D eigenvalue weighted by atomic mass is 9.98. The molecule has 0 saturated heterocycles. The minimum atomic E-state index is -0.366. The number of hydrogen-bond acceptors (Lipinski definition) is 4. The molecule has 0 saturated carbocycles. The number of nitrogens with one attached hydrogen (secondary N) is 1. The minimum absolute atomic E-state index is 0.00945. The highest BCUT2D eigenvalue weighted by atomic mass is 35.5. The van der Waals surface area contributed by atoms with Crippen molar-refractivity contribution in [1.82, 2.24) is 4.90 Å². The first-order valence-electron chi connectivity index (χ1n) is 8.47. The summed E-state index contributed by atoms with van der Waals surface area (Å²) < 4.78 is 5.23. The zero-order valence-electron chi connectivity index (χ0n) is 15.0. The van der Waals surface area contributed by atoms with Gasteiger partial charge in [0, 0.05) is 29.6 Å². The predicted octanol–water partition coefficient (Wildman–Crippen LogP) is 3.21. The van der Waals surface area contributed by atoms with Crippen LogP contribution in [0.4, 0.5) is 5.69 Å². The number of hydrogen-bond donors (Lipinski definition) is 1. The van der Waals surface area contributed by atoms with Crippen molar-refractivity contribution in [1.29, 1.82) is 0 Å². The highest BCUT2D eigenvalue weighted by molar-refractivity contribution is 6.31. The second kappa shape index (κ2) is 7.80. The molecule has 0 bridgehead atoms. The van der Waals surface area contributed by atoms with E-state index in [0.717, 1.165) is 16.0 Å². The van der Waals surface area contributed by atoms with Crippen LogP contribution in [0.1, 0.15) is 27.9 Å². The average Bonchev–Trinajstić information content (AvgIpc) is 2.64. The van der Waals surface area contributed by atoms with Gasteiger partial charge in [0.2, 0.25) is 11.8 Å². The lowest BCUT2D eigenvalue weighted by molar-refractivity contribution is -0.128. The highest BCUT2D eigenvalue weighted by Gasteiger charge is 2.30. The molecule has 3 amide bonds. The number of carbonyl (C=O) groups excluding carboxylic acids is 3. The van der Waals surface area contributed by atoms with Gasteiger partial charge in [-0.3, -0.25) is 19.3 Å². The first kappa shape index (κ1) is 18.9. The van der Waals surface area contributed by atoms with Crippen molar-refractivity contribution < 1.29 is 19.1 Å². The summed E-state index contributed by atoms with van der Waals surface area (Å²) in [6, 6.07) is 10.4. The van der Waals surface area contributed by atoms with E-state index in [9.17, 15) is 14.4 Å². The van der Waals surface area contributed by atoms with E-state index in [1.165, 1.54) is 7.11 Å².